The molecule has 0 aliphatic carbocycles. The predicted octanol–water partition coefficient (Wildman–Crippen LogP) is 3.04. The number of nitrogens with zero attached hydrogens (tertiary/aromatic N) is 1. The first-order chi connectivity index (χ1) is 8.16. The summed E-state index contributed by atoms with van der Waals surface area (Å²) in [5.74, 6) is 1.38. The fourth-order valence-corrected chi connectivity index (χ4v) is 2.91. The Bertz CT molecular complexity index is 422. The molecule has 1 atom stereocenters. The third-order valence-corrected chi connectivity index (χ3v) is 3.89. The van der Waals surface area contributed by atoms with Gasteiger partial charge >= 0.3 is 5.69 Å². The number of nitrogens with one attached hydrogen (secondary N) is 1. The zero-order valence-electron chi connectivity index (χ0n) is 9.19. The van der Waals surface area contributed by atoms with E-state index in [4.69, 9.17) is 0 Å². The number of halogens is 1. The van der Waals surface area contributed by atoms with Crippen LogP contribution in [0.5, 0.6) is 0 Å². The van der Waals surface area contributed by atoms with Crippen molar-refractivity contribution in [3.8, 4) is 0 Å². The molecule has 0 amide bonds. The fraction of sp³-hybridized carbons (Fsp3) is 0.455. The van der Waals surface area contributed by atoms with Crippen LogP contribution in [0.4, 0.5) is 15.8 Å². The lowest BCUT2D eigenvalue weighted by Crippen LogP contribution is -2.25. The molecule has 2 rings (SSSR count). The zero-order chi connectivity index (χ0) is 12.3. The van der Waals surface area contributed by atoms with Crippen LogP contribution in [-0.2, 0) is 0 Å². The van der Waals surface area contributed by atoms with Crippen molar-refractivity contribution in [2.45, 2.75) is 18.9 Å². The van der Waals surface area contributed by atoms with Gasteiger partial charge in [0.05, 0.1) is 4.92 Å². The first-order valence-electron chi connectivity index (χ1n) is 5.45. The van der Waals surface area contributed by atoms with E-state index in [1.807, 2.05) is 11.8 Å². The summed E-state index contributed by atoms with van der Waals surface area (Å²) in [7, 11) is 0. The zero-order valence-corrected chi connectivity index (χ0v) is 10.0. The van der Waals surface area contributed by atoms with E-state index in [9.17, 15) is 14.5 Å². The fourth-order valence-electron chi connectivity index (χ4n) is 1.84. The van der Waals surface area contributed by atoms with E-state index in [0.29, 0.717) is 11.7 Å². The molecule has 0 aromatic heterocycles. The number of nitro groups is 1. The second kappa shape index (κ2) is 5.35. The molecular formula is C11H13FN2O2S. The quantitative estimate of drug-likeness (QED) is 0.667. The third kappa shape index (κ3) is 3.09. The first kappa shape index (κ1) is 12.2. The molecule has 1 aliphatic rings. The molecule has 1 N–H and O–H groups in total. The van der Waals surface area contributed by atoms with Gasteiger partial charge in [-0.1, -0.05) is 0 Å². The highest BCUT2D eigenvalue weighted by molar-refractivity contribution is 7.99. The summed E-state index contributed by atoms with van der Waals surface area (Å²) in [4.78, 5) is 9.75. The van der Waals surface area contributed by atoms with Crippen LogP contribution in [0.2, 0.25) is 0 Å². The molecule has 1 aromatic rings. The summed E-state index contributed by atoms with van der Waals surface area (Å²) in [6.07, 6.45) is 2.21. The number of nitro benzene ring substituents is 1. The molecule has 17 heavy (non-hydrogen) atoms. The number of benzene rings is 1. The van der Waals surface area contributed by atoms with Crippen LogP contribution in [0.15, 0.2) is 18.2 Å². The van der Waals surface area contributed by atoms with Crippen molar-refractivity contribution < 1.29 is 9.31 Å². The summed E-state index contributed by atoms with van der Waals surface area (Å²) in [6, 6.07) is 4.28. The lowest BCUT2D eigenvalue weighted by molar-refractivity contribution is -0.387. The van der Waals surface area contributed by atoms with Crippen LogP contribution in [0.3, 0.4) is 0 Å². The summed E-state index contributed by atoms with van der Waals surface area (Å²) in [5.41, 5.74) is 0.133. The first-order valence-corrected chi connectivity index (χ1v) is 6.60. The molecule has 0 spiro atoms. The Kier molecular flexibility index (Phi) is 3.83. The maximum atomic E-state index is 13.4. The Balaban J connectivity index is 2.06. The van der Waals surface area contributed by atoms with Gasteiger partial charge in [-0.25, -0.2) is 0 Å². The Labute approximate surface area is 103 Å². The van der Waals surface area contributed by atoms with Gasteiger partial charge in [0.2, 0.25) is 5.82 Å². The highest BCUT2D eigenvalue weighted by Crippen LogP contribution is 2.24. The monoisotopic (exact) mass is 256 g/mol. The van der Waals surface area contributed by atoms with Crippen LogP contribution in [0.1, 0.15) is 12.8 Å². The van der Waals surface area contributed by atoms with E-state index < -0.39 is 16.4 Å². The van der Waals surface area contributed by atoms with Crippen LogP contribution in [-0.4, -0.2) is 22.5 Å². The molecule has 4 nitrogen and oxygen atoms in total. The molecule has 1 saturated heterocycles. The van der Waals surface area contributed by atoms with Crippen molar-refractivity contribution in [1.82, 2.24) is 0 Å². The van der Waals surface area contributed by atoms with Crippen LogP contribution >= 0.6 is 11.8 Å². The molecule has 1 aliphatic heterocycles. The van der Waals surface area contributed by atoms with Crippen molar-refractivity contribution in [2.24, 2.45) is 0 Å². The largest absolute Gasteiger partial charge is 0.381 e. The minimum absolute atomic E-state index is 0.328. The van der Waals surface area contributed by atoms with Gasteiger partial charge in [0, 0.05) is 29.6 Å². The maximum absolute atomic E-state index is 13.4. The van der Waals surface area contributed by atoms with Gasteiger partial charge in [-0.15, -0.1) is 0 Å². The van der Waals surface area contributed by atoms with Crippen LogP contribution in [0, 0.1) is 15.9 Å². The number of rotatable bonds is 3. The minimum Gasteiger partial charge on any atom is -0.381 e. The van der Waals surface area contributed by atoms with Gasteiger partial charge in [0.1, 0.15) is 0 Å². The molecule has 1 heterocycles. The average Bonchev–Trinajstić information content (AvgIpc) is 2.30. The molecule has 92 valence electrons. The Morgan fingerprint density at radius 2 is 2.35 bits per heavy atom. The van der Waals surface area contributed by atoms with E-state index in [1.165, 1.54) is 17.9 Å². The summed E-state index contributed by atoms with van der Waals surface area (Å²) >= 11 is 1.87. The van der Waals surface area contributed by atoms with Gasteiger partial charge < -0.3 is 5.32 Å². The number of anilines is 1. The normalized spacial score (nSPS) is 19.9. The summed E-state index contributed by atoms with van der Waals surface area (Å²) in [6.45, 7) is 0. The third-order valence-electron chi connectivity index (χ3n) is 2.68. The Morgan fingerprint density at radius 3 is 2.94 bits per heavy atom. The number of hydrogen-bond acceptors (Lipinski definition) is 4. The number of hydrogen-bond donors (Lipinski definition) is 1. The van der Waals surface area contributed by atoms with Crippen molar-refractivity contribution in [1.29, 1.82) is 0 Å². The van der Waals surface area contributed by atoms with Crippen molar-refractivity contribution >= 4 is 23.1 Å². The minimum atomic E-state index is -0.788. The van der Waals surface area contributed by atoms with Gasteiger partial charge in [-0.2, -0.15) is 16.2 Å². The summed E-state index contributed by atoms with van der Waals surface area (Å²) < 4.78 is 13.4. The second-order valence-corrected chi connectivity index (χ2v) is 5.13. The van der Waals surface area contributed by atoms with E-state index in [0.717, 1.165) is 18.6 Å². The van der Waals surface area contributed by atoms with Crippen LogP contribution in [0.25, 0.3) is 0 Å². The highest BCUT2D eigenvalue weighted by Gasteiger charge is 2.17. The maximum Gasteiger partial charge on any atom is 0.304 e. The molecular weight excluding hydrogens is 243 g/mol. The Hall–Kier alpha value is -1.30. The summed E-state index contributed by atoms with van der Waals surface area (Å²) in [5, 5.41) is 13.7. The molecule has 1 aromatic carbocycles. The molecule has 1 fully saturated rings. The lowest BCUT2D eigenvalue weighted by atomic mass is 10.1. The van der Waals surface area contributed by atoms with E-state index in [1.54, 1.807) is 6.07 Å². The van der Waals surface area contributed by atoms with Gasteiger partial charge in [-0.3, -0.25) is 10.1 Å². The van der Waals surface area contributed by atoms with Gasteiger partial charge in [0.25, 0.3) is 0 Å². The Morgan fingerprint density at radius 1 is 1.53 bits per heavy atom. The highest BCUT2D eigenvalue weighted by atomic mass is 32.2. The van der Waals surface area contributed by atoms with Crippen LogP contribution < -0.4 is 5.32 Å². The average molecular weight is 256 g/mol. The molecule has 1 unspecified atom stereocenters. The smallest absolute Gasteiger partial charge is 0.304 e. The lowest BCUT2D eigenvalue weighted by Gasteiger charge is -2.23. The second-order valence-electron chi connectivity index (χ2n) is 3.98. The van der Waals surface area contributed by atoms with Gasteiger partial charge in [0.15, 0.2) is 0 Å². The van der Waals surface area contributed by atoms with E-state index >= 15 is 0 Å². The standard InChI is InChI=1S/C11H13FN2O2S/c12-10-6-8(3-4-11(10)14(15)16)13-9-2-1-5-17-7-9/h3-4,6,9,13H,1-2,5,7H2. The topological polar surface area (TPSA) is 55.2 Å². The SMILES string of the molecule is O=[N+]([O-])c1ccc(NC2CCCSC2)cc1F. The van der Waals surface area contributed by atoms with Crippen molar-refractivity contribution in [3.63, 3.8) is 0 Å². The molecule has 0 saturated carbocycles. The molecule has 6 heteroatoms. The predicted molar refractivity (Wildman–Crippen MR) is 67.0 cm³/mol. The molecule has 0 radical (unpaired) electrons. The van der Waals surface area contributed by atoms with E-state index in [-0.39, 0.29) is 0 Å². The van der Waals surface area contributed by atoms with Crippen molar-refractivity contribution in [2.75, 3.05) is 16.8 Å². The molecule has 0 bridgehead atoms. The van der Waals surface area contributed by atoms with Gasteiger partial charge in [-0.05, 0) is 24.7 Å². The van der Waals surface area contributed by atoms with Crippen molar-refractivity contribution in [3.05, 3.63) is 34.1 Å². The van der Waals surface area contributed by atoms with E-state index in [2.05, 4.69) is 5.32 Å². The number of thioether (sulfide) groups is 1.